The minimum absolute atomic E-state index is 0.0630. The van der Waals surface area contributed by atoms with Gasteiger partial charge in [0.15, 0.2) is 11.5 Å². The van der Waals surface area contributed by atoms with E-state index in [1.807, 2.05) is 0 Å². The van der Waals surface area contributed by atoms with Crippen LogP contribution in [0.2, 0.25) is 0 Å². The van der Waals surface area contributed by atoms with Crippen LogP contribution >= 0.6 is 0 Å². The SMILES string of the molecule is O=C(CCC(=O)N1CCc2c(noc2-c2ccc(F)cc2)C1)c1ccc(F)cc1. The zero-order valence-electron chi connectivity index (χ0n) is 15.5. The largest absolute Gasteiger partial charge is 0.356 e. The normalized spacial score (nSPS) is 13.2. The number of halogens is 2. The molecule has 1 aromatic heterocycles. The molecule has 2 aromatic carbocycles. The van der Waals surface area contributed by atoms with Crippen molar-refractivity contribution in [3.8, 4) is 11.3 Å². The molecule has 7 heteroatoms. The smallest absolute Gasteiger partial charge is 0.223 e. The molecule has 148 valence electrons. The van der Waals surface area contributed by atoms with E-state index >= 15 is 0 Å². The van der Waals surface area contributed by atoms with Crippen molar-refractivity contribution >= 4 is 11.7 Å². The third kappa shape index (κ3) is 4.08. The van der Waals surface area contributed by atoms with Crippen LogP contribution in [0.3, 0.4) is 0 Å². The van der Waals surface area contributed by atoms with Crippen molar-refractivity contribution < 1.29 is 22.9 Å². The first-order chi connectivity index (χ1) is 14.0. The fourth-order valence-electron chi connectivity index (χ4n) is 3.43. The van der Waals surface area contributed by atoms with E-state index in [2.05, 4.69) is 5.16 Å². The van der Waals surface area contributed by atoms with Gasteiger partial charge < -0.3 is 9.42 Å². The standard InChI is InChI=1S/C22H18F2N2O3/c23-16-5-1-14(2-6-16)20(27)9-10-21(28)26-12-11-18-19(13-26)25-29-22(18)15-3-7-17(24)8-4-15/h1-8H,9-13H2. The molecule has 5 nitrogen and oxygen atoms in total. The van der Waals surface area contributed by atoms with Gasteiger partial charge in [-0.15, -0.1) is 0 Å². The van der Waals surface area contributed by atoms with Crippen LogP contribution in [0.4, 0.5) is 8.78 Å². The van der Waals surface area contributed by atoms with Crippen molar-refractivity contribution in [3.63, 3.8) is 0 Å². The molecular weight excluding hydrogens is 378 g/mol. The topological polar surface area (TPSA) is 63.4 Å². The number of aromatic nitrogens is 1. The first kappa shape index (κ1) is 19.0. The number of nitrogens with zero attached hydrogens (tertiary/aromatic N) is 2. The van der Waals surface area contributed by atoms with Crippen LogP contribution in [-0.4, -0.2) is 28.3 Å². The Morgan fingerprint density at radius 2 is 1.62 bits per heavy atom. The summed E-state index contributed by atoms with van der Waals surface area (Å²) in [7, 11) is 0. The average Bonchev–Trinajstić information content (AvgIpc) is 3.16. The van der Waals surface area contributed by atoms with E-state index < -0.39 is 5.82 Å². The number of fused-ring (bicyclic) bond motifs is 1. The second-order valence-corrected chi connectivity index (χ2v) is 6.94. The molecule has 0 N–H and O–H groups in total. The predicted molar refractivity (Wildman–Crippen MR) is 101 cm³/mol. The summed E-state index contributed by atoms with van der Waals surface area (Å²) in [5.41, 5.74) is 2.72. The molecule has 1 aliphatic rings. The van der Waals surface area contributed by atoms with E-state index in [1.54, 1.807) is 17.0 Å². The molecule has 0 saturated heterocycles. The van der Waals surface area contributed by atoms with Gasteiger partial charge in [-0.2, -0.15) is 0 Å². The molecule has 29 heavy (non-hydrogen) atoms. The lowest BCUT2D eigenvalue weighted by molar-refractivity contribution is -0.132. The summed E-state index contributed by atoms with van der Waals surface area (Å²) in [5, 5.41) is 4.07. The number of benzene rings is 2. The molecule has 0 bridgehead atoms. The first-order valence-corrected chi connectivity index (χ1v) is 9.31. The maximum atomic E-state index is 13.1. The molecule has 0 radical (unpaired) electrons. The summed E-state index contributed by atoms with van der Waals surface area (Å²) in [5.74, 6) is -0.476. The van der Waals surface area contributed by atoms with Gasteiger partial charge in [0.2, 0.25) is 5.91 Å². The Morgan fingerprint density at radius 1 is 0.966 bits per heavy atom. The fraction of sp³-hybridized carbons (Fsp3) is 0.227. The van der Waals surface area contributed by atoms with E-state index in [1.165, 1.54) is 36.4 Å². The van der Waals surface area contributed by atoms with E-state index in [-0.39, 0.29) is 30.3 Å². The highest BCUT2D eigenvalue weighted by Gasteiger charge is 2.27. The molecule has 0 spiro atoms. The molecule has 2 heterocycles. The molecule has 0 unspecified atom stereocenters. The Kier molecular flexibility index (Phi) is 5.20. The highest BCUT2D eigenvalue weighted by Crippen LogP contribution is 2.30. The third-order valence-electron chi connectivity index (χ3n) is 5.03. The van der Waals surface area contributed by atoms with Crippen molar-refractivity contribution in [2.24, 2.45) is 0 Å². The molecule has 0 atom stereocenters. The maximum absolute atomic E-state index is 13.1. The summed E-state index contributed by atoms with van der Waals surface area (Å²) in [6.45, 7) is 0.801. The van der Waals surface area contributed by atoms with Crippen LogP contribution < -0.4 is 0 Å². The first-order valence-electron chi connectivity index (χ1n) is 9.31. The Hall–Kier alpha value is -3.35. The van der Waals surface area contributed by atoms with Gasteiger partial charge in [-0.05, 0) is 55.0 Å². The summed E-state index contributed by atoms with van der Waals surface area (Å²) < 4.78 is 31.5. The minimum Gasteiger partial charge on any atom is -0.356 e. The third-order valence-corrected chi connectivity index (χ3v) is 5.03. The molecular formula is C22H18F2N2O3. The number of Topliss-reactive ketones (excluding diaryl/α,β-unsaturated/α-hetero) is 1. The second kappa shape index (κ2) is 7.95. The molecule has 0 saturated carbocycles. The molecule has 3 aromatic rings. The number of rotatable bonds is 5. The van der Waals surface area contributed by atoms with Crippen LogP contribution in [0.1, 0.15) is 34.5 Å². The molecule has 0 fully saturated rings. The van der Waals surface area contributed by atoms with Gasteiger partial charge in [0.05, 0.1) is 6.54 Å². The molecule has 1 amide bonds. The fourth-order valence-corrected chi connectivity index (χ4v) is 3.43. The maximum Gasteiger partial charge on any atom is 0.223 e. The number of ketones is 1. The van der Waals surface area contributed by atoms with Gasteiger partial charge in [-0.25, -0.2) is 8.78 Å². The van der Waals surface area contributed by atoms with Crippen molar-refractivity contribution in [1.29, 1.82) is 0 Å². The summed E-state index contributed by atoms with van der Waals surface area (Å²) in [6, 6.07) is 11.3. The number of hydrogen-bond donors (Lipinski definition) is 0. The van der Waals surface area contributed by atoms with Crippen LogP contribution in [0.25, 0.3) is 11.3 Å². The highest BCUT2D eigenvalue weighted by molar-refractivity contribution is 5.97. The lowest BCUT2D eigenvalue weighted by Gasteiger charge is -2.26. The van der Waals surface area contributed by atoms with Crippen molar-refractivity contribution in [2.75, 3.05) is 6.54 Å². The van der Waals surface area contributed by atoms with Gasteiger partial charge >= 0.3 is 0 Å². The average molecular weight is 396 g/mol. The predicted octanol–water partition coefficient (Wildman–Crippen LogP) is 4.17. The van der Waals surface area contributed by atoms with E-state index in [4.69, 9.17) is 4.52 Å². The zero-order valence-corrected chi connectivity index (χ0v) is 15.5. The Morgan fingerprint density at radius 3 is 2.31 bits per heavy atom. The summed E-state index contributed by atoms with van der Waals surface area (Å²) in [4.78, 5) is 26.4. The quantitative estimate of drug-likeness (QED) is 0.608. The Labute approximate surface area is 165 Å². The zero-order chi connectivity index (χ0) is 20.4. The highest BCUT2D eigenvalue weighted by atomic mass is 19.1. The summed E-state index contributed by atoms with van der Waals surface area (Å²) >= 11 is 0. The Bertz CT molecular complexity index is 1040. The Balaban J connectivity index is 1.38. The van der Waals surface area contributed by atoms with Gasteiger partial charge in [-0.1, -0.05) is 5.16 Å². The lowest BCUT2D eigenvalue weighted by atomic mass is 10.00. The van der Waals surface area contributed by atoms with Crippen LogP contribution in [0.15, 0.2) is 53.1 Å². The van der Waals surface area contributed by atoms with Crippen molar-refractivity contribution in [1.82, 2.24) is 10.1 Å². The van der Waals surface area contributed by atoms with Crippen molar-refractivity contribution in [2.45, 2.75) is 25.8 Å². The lowest BCUT2D eigenvalue weighted by Crippen LogP contribution is -2.36. The van der Waals surface area contributed by atoms with Gasteiger partial charge in [0.25, 0.3) is 0 Å². The number of carbonyl (C=O) groups is 2. The van der Waals surface area contributed by atoms with Gasteiger partial charge in [0, 0.05) is 36.1 Å². The van der Waals surface area contributed by atoms with Gasteiger partial charge in [-0.3, -0.25) is 9.59 Å². The number of hydrogen-bond acceptors (Lipinski definition) is 4. The molecule has 0 aliphatic carbocycles. The van der Waals surface area contributed by atoms with Gasteiger partial charge in [0.1, 0.15) is 17.3 Å². The van der Waals surface area contributed by atoms with E-state index in [0.717, 1.165) is 11.1 Å². The van der Waals surface area contributed by atoms with E-state index in [9.17, 15) is 18.4 Å². The molecule has 4 rings (SSSR count). The minimum atomic E-state index is -0.408. The van der Waals surface area contributed by atoms with Crippen LogP contribution in [-0.2, 0) is 17.8 Å². The number of carbonyl (C=O) groups excluding carboxylic acids is 2. The summed E-state index contributed by atoms with van der Waals surface area (Å²) in [6.07, 6.45) is 0.713. The second-order valence-electron chi connectivity index (χ2n) is 6.94. The van der Waals surface area contributed by atoms with Crippen LogP contribution in [0, 0.1) is 11.6 Å². The number of amides is 1. The van der Waals surface area contributed by atoms with Crippen molar-refractivity contribution in [3.05, 3.63) is 77.0 Å². The van der Waals surface area contributed by atoms with Crippen LogP contribution in [0.5, 0.6) is 0 Å². The van der Waals surface area contributed by atoms with E-state index in [0.29, 0.717) is 36.5 Å². The monoisotopic (exact) mass is 396 g/mol. The molecule has 1 aliphatic heterocycles.